The van der Waals surface area contributed by atoms with Crippen LogP contribution >= 0.6 is 0 Å². The molecule has 0 heterocycles. The van der Waals surface area contributed by atoms with E-state index in [1.807, 2.05) is 47.6 Å². The molecule has 15 N–H and O–H groups in total. The number of aliphatic hydroxyl groups is 1. The van der Waals surface area contributed by atoms with Crippen LogP contribution in [0.4, 0.5) is 0 Å². The Morgan fingerprint density at radius 2 is 1.06 bits per heavy atom. The summed E-state index contributed by atoms with van der Waals surface area (Å²) in [5.41, 5.74) is 29.5. The molecule has 0 saturated heterocycles. The number of hydrogen-bond acceptors (Lipinski definition) is 14. The van der Waals surface area contributed by atoms with Gasteiger partial charge in [0.25, 0.3) is 0 Å². The van der Waals surface area contributed by atoms with Crippen molar-refractivity contribution in [3.63, 3.8) is 0 Å². The third-order valence-electron chi connectivity index (χ3n) is 12.8. The number of aliphatic hydroxyl groups excluding tert-OH is 1. The molecular weight excluding hydrogens is 899 g/mol. The maximum absolute atomic E-state index is 14.5. The SMILES string of the molecule is CC[C@H](C)[C@H](NC(=O)[C@@H](N)CCN)C(=O)C[C@@H](CCN)C(=O)N[C@H](Cc1ccccc1)C(=O)C[C@@H](CC(C)C)C(=O)N[C@@H](CCN)C(=O)C[C@@H](C(=O)N[C@@H](CC(C)C)C(=O)C[C@@H](CO)C(N)=O)C(C)C. The zero-order chi connectivity index (χ0) is 53.2. The maximum atomic E-state index is 14.5. The quantitative estimate of drug-likeness (QED) is 0.0447. The molecule has 19 nitrogen and oxygen atoms in total. The number of primary amides is 1. The second-order valence-corrected chi connectivity index (χ2v) is 20.1. The molecule has 0 aliphatic rings. The molecule has 0 saturated carbocycles. The van der Waals surface area contributed by atoms with E-state index in [0.29, 0.717) is 6.42 Å². The zero-order valence-electron chi connectivity index (χ0n) is 43.0. The fraction of sp³-hybridized carbons (Fsp3) is 0.706. The summed E-state index contributed by atoms with van der Waals surface area (Å²) in [4.78, 5) is 123. The molecule has 0 aliphatic carbocycles. The predicted molar refractivity (Wildman–Crippen MR) is 269 cm³/mol. The molecule has 0 radical (unpaired) electrons. The summed E-state index contributed by atoms with van der Waals surface area (Å²) in [6, 6.07) is 3.87. The lowest BCUT2D eigenvalue weighted by atomic mass is 9.85. The average Bonchev–Trinajstić information content (AvgIpc) is 3.29. The van der Waals surface area contributed by atoms with Gasteiger partial charge >= 0.3 is 0 Å². The molecule has 1 aromatic rings. The molecule has 396 valence electrons. The molecule has 0 aromatic heterocycles. The molecule has 0 fully saturated rings. The minimum atomic E-state index is -1.13. The Labute approximate surface area is 415 Å². The van der Waals surface area contributed by atoms with Crippen molar-refractivity contribution in [1.82, 2.24) is 21.3 Å². The van der Waals surface area contributed by atoms with Gasteiger partial charge in [0.2, 0.25) is 29.5 Å². The van der Waals surface area contributed by atoms with Gasteiger partial charge in [0.1, 0.15) is 0 Å². The number of Topliss-reactive ketones (excluding diaryl/α,β-unsaturated/α-hetero) is 4. The second kappa shape index (κ2) is 32.8. The van der Waals surface area contributed by atoms with Crippen LogP contribution in [0.15, 0.2) is 30.3 Å². The van der Waals surface area contributed by atoms with Crippen LogP contribution in [0.2, 0.25) is 0 Å². The highest BCUT2D eigenvalue weighted by atomic mass is 16.3. The van der Waals surface area contributed by atoms with Gasteiger partial charge < -0.3 is 55.0 Å². The fourth-order valence-corrected chi connectivity index (χ4v) is 8.29. The lowest BCUT2D eigenvalue weighted by molar-refractivity contribution is -0.137. The maximum Gasteiger partial charge on any atom is 0.237 e. The highest BCUT2D eigenvalue weighted by Gasteiger charge is 2.37. The number of hydrogen-bond donors (Lipinski definition) is 10. The van der Waals surface area contributed by atoms with E-state index < -0.39 is 113 Å². The molecular formula is C51H87N9O10. The van der Waals surface area contributed by atoms with E-state index in [0.717, 1.165) is 5.56 Å². The molecule has 19 heteroatoms. The molecule has 70 heavy (non-hydrogen) atoms. The van der Waals surface area contributed by atoms with E-state index in [1.165, 1.54) is 0 Å². The normalized spacial score (nSPS) is 15.9. The topological polar surface area (TPSA) is 352 Å². The Morgan fingerprint density at radius 1 is 0.557 bits per heavy atom. The Hall–Kier alpha value is -4.95. The van der Waals surface area contributed by atoms with Crippen molar-refractivity contribution < 1.29 is 48.3 Å². The molecule has 0 bridgehead atoms. The van der Waals surface area contributed by atoms with Crippen LogP contribution in [0.5, 0.6) is 0 Å². The van der Waals surface area contributed by atoms with Crippen LogP contribution in [0.25, 0.3) is 0 Å². The molecule has 10 atom stereocenters. The Balaban J connectivity index is 3.45. The highest BCUT2D eigenvalue weighted by Crippen LogP contribution is 2.23. The van der Waals surface area contributed by atoms with E-state index in [1.54, 1.807) is 38.1 Å². The van der Waals surface area contributed by atoms with Crippen LogP contribution in [-0.2, 0) is 49.6 Å². The number of carbonyl (C=O) groups excluding carboxylic acids is 9. The number of ketones is 4. The van der Waals surface area contributed by atoms with Crippen LogP contribution in [0, 0.1) is 47.3 Å². The van der Waals surface area contributed by atoms with Gasteiger partial charge in [0, 0.05) is 43.4 Å². The molecule has 0 unspecified atom stereocenters. The van der Waals surface area contributed by atoms with Crippen LogP contribution < -0.4 is 49.9 Å². The lowest BCUT2D eigenvalue weighted by Crippen LogP contribution is -2.52. The van der Waals surface area contributed by atoms with Crippen molar-refractivity contribution in [3.05, 3.63) is 35.9 Å². The van der Waals surface area contributed by atoms with Crippen molar-refractivity contribution in [3.8, 4) is 0 Å². The van der Waals surface area contributed by atoms with Crippen LogP contribution in [-0.4, -0.2) is 114 Å². The highest BCUT2D eigenvalue weighted by molar-refractivity contribution is 5.98. The Morgan fingerprint density at radius 3 is 1.57 bits per heavy atom. The predicted octanol–water partition coefficient (Wildman–Crippen LogP) is 1.12. The van der Waals surface area contributed by atoms with Gasteiger partial charge in [-0.1, -0.05) is 92.1 Å². The second-order valence-electron chi connectivity index (χ2n) is 20.1. The summed E-state index contributed by atoms with van der Waals surface area (Å²) in [5, 5.41) is 20.8. The first kappa shape index (κ1) is 63.1. The minimum Gasteiger partial charge on any atom is -0.396 e. The lowest BCUT2D eigenvalue weighted by Gasteiger charge is -2.28. The average molecular weight is 986 g/mol. The smallest absolute Gasteiger partial charge is 0.237 e. The van der Waals surface area contributed by atoms with Gasteiger partial charge in [-0.3, -0.25) is 43.2 Å². The van der Waals surface area contributed by atoms with Gasteiger partial charge in [0.15, 0.2) is 23.1 Å². The first-order valence-corrected chi connectivity index (χ1v) is 25.1. The third-order valence-corrected chi connectivity index (χ3v) is 12.8. The van der Waals surface area contributed by atoms with Crippen molar-refractivity contribution >= 4 is 52.7 Å². The number of rotatable bonds is 37. The van der Waals surface area contributed by atoms with Crippen LogP contribution in [0.1, 0.15) is 125 Å². The summed E-state index contributed by atoms with van der Waals surface area (Å²) >= 11 is 0. The number of amides is 5. The molecule has 1 rings (SSSR count). The molecule has 1 aromatic carbocycles. The summed E-state index contributed by atoms with van der Waals surface area (Å²) in [6.07, 6.45) is 0.164. The van der Waals surface area contributed by atoms with Crippen molar-refractivity contribution in [2.24, 2.45) is 76.0 Å². The van der Waals surface area contributed by atoms with E-state index in [4.69, 9.17) is 28.7 Å². The number of nitrogens with two attached hydrogens (primary N) is 5. The van der Waals surface area contributed by atoms with Crippen molar-refractivity contribution in [2.45, 2.75) is 156 Å². The van der Waals surface area contributed by atoms with Crippen molar-refractivity contribution in [2.75, 3.05) is 26.2 Å². The minimum absolute atomic E-state index is 0.00378. The summed E-state index contributed by atoms with van der Waals surface area (Å²) in [7, 11) is 0. The molecule has 5 amide bonds. The number of nitrogens with one attached hydrogen (secondary N) is 4. The first-order chi connectivity index (χ1) is 32.9. The first-order valence-electron chi connectivity index (χ1n) is 25.1. The van der Waals surface area contributed by atoms with Crippen LogP contribution in [0.3, 0.4) is 0 Å². The van der Waals surface area contributed by atoms with Gasteiger partial charge in [-0.2, -0.15) is 0 Å². The molecule has 0 spiro atoms. The molecule has 0 aliphatic heterocycles. The van der Waals surface area contributed by atoms with Gasteiger partial charge in [-0.15, -0.1) is 0 Å². The monoisotopic (exact) mass is 986 g/mol. The fourth-order valence-electron chi connectivity index (χ4n) is 8.29. The van der Waals surface area contributed by atoms with Gasteiger partial charge in [-0.25, -0.2) is 0 Å². The van der Waals surface area contributed by atoms with E-state index in [2.05, 4.69) is 21.3 Å². The zero-order valence-corrected chi connectivity index (χ0v) is 43.0. The van der Waals surface area contributed by atoms with Gasteiger partial charge in [-0.05, 0) is 87.4 Å². The number of benzene rings is 1. The van der Waals surface area contributed by atoms with E-state index >= 15 is 0 Å². The Bertz CT molecular complexity index is 1850. The van der Waals surface area contributed by atoms with Crippen molar-refractivity contribution in [1.29, 1.82) is 0 Å². The summed E-state index contributed by atoms with van der Waals surface area (Å²) in [5.74, 6) is -9.69. The van der Waals surface area contributed by atoms with E-state index in [9.17, 15) is 48.3 Å². The van der Waals surface area contributed by atoms with Gasteiger partial charge in [0.05, 0.1) is 42.7 Å². The number of carbonyl (C=O) groups is 9. The summed E-state index contributed by atoms with van der Waals surface area (Å²) < 4.78 is 0. The summed E-state index contributed by atoms with van der Waals surface area (Å²) in [6.45, 7) is 14.3. The largest absolute Gasteiger partial charge is 0.396 e. The standard InChI is InChI=1S/C51H87N9O10/c1-9-32(8)46(60-51(70)38(55)16-19-53)45(65)24-34(15-18-52)48(67)58-41(23-33-13-11-10-12-14-33)42(62)25-35(21-29(2)3)49(68)57-39(17-20-54)44(64)27-37(31(6)7)50(69)59-40(22-30(4)5)43(63)26-36(28-61)47(56)66/h10-14,29-32,34-41,46,61H,9,15-28,52-55H2,1-8H3,(H2,56,66)(H,57,68)(H,58,67)(H,59,69)(H,60,70)/t32-,34+,35+,36-,37+,38-,39-,40-,41+,46-/m0/s1. The Kier molecular flexibility index (Phi) is 29.6. The third kappa shape index (κ3) is 22.4. The van der Waals surface area contributed by atoms with E-state index in [-0.39, 0.29) is 108 Å².